The molecule has 0 spiro atoms. The molecule has 146 valence electrons. The fraction of sp³-hybridized carbons (Fsp3) is 0.667. The fourth-order valence-corrected chi connectivity index (χ4v) is 3.27. The largest absolute Gasteiger partial charge is 0.381 e. The van der Waals surface area contributed by atoms with Gasteiger partial charge in [0.25, 0.3) is 0 Å². The third-order valence-electron chi connectivity index (χ3n) is 4.96. The maximum atomic E-state index is 5.73. The molecule has 1 saturated heterocycles. The van der Waals surface area contributed by atoms with Crippen LogP contribution in [0.2, 0.25) is 0 Å². The Morgan fingerprint density at radius 1 is 1.19 bits per heavy atom. The number of aliphatic imine (C=N–C) groups is 1. The summed E-state index contributed by atoms with van der Waals surface area (Å²) in [6.45, 7) is 9.33. The Hall–Kier alpha value is -1.59. The Balaban J connectivity index is 1.51. The molecule has 0 amide bonds. The van der Waals surface area contributed by atoms with E-state index in [1.54, 1.807) is 0 Å². The molecule has 2 rings (SSSR count). The normalized spacial score (nSPS) is 16.8. The van der Waals surface area contributed by atoms with Crippen molar-refractivity contribution in [2.45, 2.75) is 51.6 Å². The molecule has 1 aliphatic heterocycles. The molecule has 1 heterocycles. The van der Waals surface area contributed by atoms with Crippen LogP contribution in [0.1, 0.15) is 38.7 Å². The summed E-state index contributed by atoms with van der Waals surface area (Å²) < 4.78 is 5.73. The highest BCUT2D eigenvalue weighted by atomic mass is 16.5. The van der Waals surface area contributed by atoms with Gasteiger partial charge in [0.1, 0.15) is 0 Å². The minimum Gasteiger partial charge on any atom is -0.381 e. The molecular formula is C21H36N4O. The summed E-state index contributed by atoms with van der Waals surface area (Å²) in [5, 5.41) is 6.96. The molecule has 2 N–H and O–H groups in total. The maximum absolute atomic E-state index is 5.73. The van der Waals surface area contributed by atoms with E-state index in [9.17, 15) is 0 Å². The minimum absolute atomic E-state index is 0.526. The first kappa shape index (κ1) is 20.7. The van der Waals surface area contributed by atoms with Crippen LogP contribution in [0.4, 0.5) is 0 Å². The van der Waals surface area contributed by atoms with Crippen molar-refractivity contribution < 1.29 is 4.74 Å². The number of ether oxygens (including phenoxy) is 1. The summed E-state index contributed by atoms with van der Waals surface area (Å²) in [4.78, 5) is 6.89. The van der Waals surface area contributed by atoms with Gasteiger partial charge in [0.15, 0.2) is 5.96 Å². The van der Waals surface area contributed by atoms with Crippen molar-refractivity contribution in [1.29, 1.82) is 0 Å². The van der Waals surface area contributed by atoms with Crippen LogP contribution in [0.15, 0.2) is 35.3 Å². The zero-order valence-corrected chi connectivity index (χ0v) is 16.7. The number of hydrogen-bond donors (Lipinski definition) is 2. The highest BCUT2D eigenvalue weighted by Gasteiger charge is 2.21. The fourth-order valence-electron chi connectivity index (χ4n) is 3.27. The van der Waals surface area contributed by atoms with E-state index in [0.29, 0.717) is 12.1 Å². The first-order chi connectivity index (χ1) is 12.7. The Bertz CT molecular complexity index is 510. The van der Waals surface area contributed by atoms with Crippen LogP contribution in [-0.2, 0) is 11.2 Å². The topological polar surface area (TPSA) is 48.9 Å². The summed E-state index contributed by atoms with van der Waals surface area (Å²) in [6, 6.07) is 11.7. The highest BCUT2D eigenvalue weighted by Crippen LogP contribution is 2.12. The molecule has 0 radical (unpaired) electrons. The summed E-state index contributed by atoms with van der Waals surface area (Å²) >= 11 is 0. The summed E-state index contributed by atoms with van der Waals surface area (Å²) in [7, 11) is 1.84. The van der Waals surface area contributed by atoms with Crippen LogP contribution in [0.3, 0.4) is 0 Å². The second-order valence-corrected chi connectivity index (χ2v) is 7.25. The van der Waals surface area contributed by atoms with Gasteiger partial charge in [-0.3, -0.25) is 4.99 Å². The van der Waals surface area contributed by atoms with Gasteiger partial charge in [-0.15, -0.1) is 0 Å². The van der Waals surface area contributed by atoms with Crippen molar-refractivity contribution in [2.75, 3.05) is 39.9 Å². The van der Waals surface area contributed by atoms with Crippen LogP contribution in [-0.4, -0.2) is 62.8 Å². The second kappa shape index (κ2) is 11.9. The van der Waals surface area contributed by atoms with Gasteiger partial charge in [0, 0.05) is 45.4 Å². The number of nitrogens with one attached hydrogen (secondary N) is 2. The van der Waals surface area contributed by atoms with E-state index in [0.717, 1.165) is 38.6 Å². The van der Waals surface area contributed by atoms with Gasteiger partial charge in [-0.05, 0) is 45.1 Å². The molecule has 5 nitrogen and oxygen atoms in total. The smallest absolute Gasteiger partial charge is 0.191 e. The van der Waals surface area contributed by atoms with E-state index >= 15 is 0 Å². The van der Waals surface area contributed by atoms with Crippen molar-refractivity contribution in [2.24, 2.45) is 4.99 Å². The zero-order valence-electron chi connectivity index (χ0n) is 16.7. The van der Waals surface area contributed by atoms with E-state index in [4.69, 9.17) is 4.74 Å². The minimum atomic E-state index is 0.526. The SMILES string of the molecule is CN=C(NCCCOCCc1ccccc1)NC1CCN(C(C)C)CC1. The summed E-state index contributed by atoms with van der Waals surface area (Å²) in [6.07, 6.45) is 4.33. The number of rotatable bonds is 9. The molecule has 26 heavy (non-hydrogen) atoms. The van der Waals surface area contributed by atoms with E-state index in [2.05, 4.69) is 58.6 Å². The molecule has 0 bridgehead atoms. The predicted molar refractivity (Wildman–Crippen MR) is 110 cm³/mol. The molecule has 1 aliphatic rings. The standard InChI is InChI=1S/C21H36N4O/c1-18(2)25-14-10-20(11-15-25)24-21(22-3)23-13-7-16-26-17-12-19-8-5-4-6-9-19/h4-6,8-9,18,20H,7,10-17H2,1-3H3,(H2,22,23,24). The molecular weight excluding hydrogens is 324 g/mol. The van der Waals surface area contributed by atoms with Crippen molar-refractivity contribution in [1.82, 2.24) is 15.5 Å². The first-order valence-corrected chi connectivity index (χ1v) is 10.0. The lowest BCUT2D eigenvalue weighted by atomic mass is 10.0. The monoisotopic (exact) mass is 360 g/mol. The molecule has 0 atom stereocenters. The van der Waals surface area contributed by atoms with E-state index < -0.39 is 0 Å². The van der Waals surface area contributed by atoms with Gasteiger partial charge in [-0.2, -0.15) is 0 Å². The van der Waals surface area contributed by atoms with Crippen LogP contribution in [0, 0.1) is 0 Å². The van der Waals surface area contributed by atoms with Gasteiger partial charge in [-0.25, -0.2) is 0 Å². The zero-order chi connectivity index (χ0) is 18.6. The Labute approximate surface area is 159 Å². The third kappa shape index (κ3) is 7.75. The molecule has 1 aromatic rings. The van der Waals surface area contributed by atoms with Crippen molar-refractivity contribution in [3.05, 3.63) is 35.9 Å². The lowest BCUT2D eigenvalue weighted by molar-refractivity contribution is 0.135. The van der Waals surface area contributed by atoms with Gasteiger partial charge in [0.05, 0.1) is 6.61 Å². The van der Waals surface area contributed by atoms with Crippen molar-refractivity contribution in [3.8, 4) is 0 Å². The van der Waals surface area contributed by atoms with Gasteiger partial charge >= 0.3 is 0 Å². The van der Waals surface area contributed by atoms with Crippen LogP contribution < -0.4 is 10.6 Å². The van der Waals surface area contributed by atoms with Crippen LogP contribution in [0.25, 0.3) is 0 Å². The van der Waals surface area contributed by atoms with E-state index in [1.807, 2.05) is 13.1 Å². The Morgan fingerprint density at radius 2 is 1.92 bits per heavy atom. The van der Waals surface area contributed by atoms with E-state index in [1.165, 1.54) is 31.5 Å². The van der Waals surface area contributed by atoms with Gasteiger partial charge < -0.3 is 20.3 Å². The lowest BCUT2D eigenvalue weighted by Crippen LogP contribution is -2.50. The lowest BCUT2D eigenvalue weighted by Gasteiger charge is -2.35. The molecule has 1 fully saturated rings. The van der Waals surface area contributed by atoms with Crippen molar-refractivity contribution >= 4 is 5.96 Å². The third-order valence-corrected chi connectivity index (χ3v) is 4.96. The molecule has 1 aromatic carbocycles. The van der Waals surface area contributed by atoms with Crippen LogP contribution >= 0.6 is 0 Å². The number of piperidine rings is 1. The quantitative estimate of drug-likeness (QED) is 0.404. The van der Waals surface area contributed by atoms with Gasteiger partial charge in [-0.1, -0.05) is 30.3 Å². The number of benzene rings is 1. The Morgan fingerprint density at radius 3 is 2.58 bits per heavy atom. The van der Waals surface area contributed by atoms with Crippen molar-refractivity contribution in [3.63, 3.8) is 0 Å². The molecule has 5 heteroatoms. The average molecular weight is 361 g/mol. The maximum Gasteiger partial charge on any atom is 0.191 e. The molecule has 0 saturated carbocycles. The Kier molecular flexibility index (Phi) is 9.50. The summed E-state index contributed by atoms with van der Waals surface area (Å²) in [5.41, 5.74) is 1.33. The number of hydrogen-bond acceptors (Lipinski definition) is 3. The predicted octanol–water partition coefficient (Wildman–Crippen LogP) is 2.67. The highest BCUT2D eigenvalue weighted by molar-refractivity contribution is 5.79. The summed E-state index contributed by atoms with van der Waals surface area (Å²) in [5.74, 6) is 0.914. The number of nitrogens with zero attached hydrogens (tertiary/aromatic N) is 2. The molecule has 0 aliphatic carbocycles. The second-order valence-electron chi connectivity index (χ2n) is 7.25. The molecule has 0 aromatic heterocycles. The first-order valence-electron chi connectivity index (χ1n) is 10.0. The van der Waals surface area contributed by atoms with Gasteiger partial charge in [0.2, 0.25) is 0 Å². The van der Waals surface area contributed by atoms with Crippen LogP contribution in [0.5, 0.6) is 0 Å². The average Bonchev–Trinajstić information content (AvgIpc) is 2.67. The molecule has 0 unspecified atom stereocenters. The number of likely N-dealkylation sites (tertiary alicyclic amines) is 1. The van der Waals surface area contributed by atoms with E-state index in [-0.39, 0.29) is 0 Å². The number of guanidine groups is 1.